The Balaban J connectivity index is 2.45. The number of amides is 1. The number of carbonyl (C=O) groups excluding carboxylic acids is 1. The maximum Gasteiger partial charge on any atom is 0.248 e. The van der Waals surface area contributed by atoms with E-state index in [4.69, 9.17) is 5.73 Å². The summed E-state index contributed by atoms with van der Waals surface area (Å²) in [5, 5.41) is 0. The smallest absolute Gasteiger partial charge is 0.248 e. The van der Waals surface area contributed by atoms with Crippen molar-refractivity contribution >= 4 is 11.6 Å². The van der Waals surface area contributed by atoms with Gasteiger partial charge in [-0.1, -0.05) is 0 Å². The van der Waals surface area contributed by atoms with Gasteiger partial charge in [0.05, 0.1) is 0 Å². The Morgan fingerprint density at radius 2 is 2.31 bits per heavy atom. The van der Waals surface area contributed by atoms with Crippen LogP contribution in [-0.4, -0.2) is 19.5 Å². The van der Waals surface area contributed by atoms with Crippen LogP contribution in [0.3, 0.4) is 0 Å². The highest BCUT2D eigenvalue weighted by Crippen LogP contribution is 2.26. The van der Waals surface area contributed by atoms with Crippen LogP contribution in [0, 0.1) is 0 Å². The lowest BCUT2D eigenvalue weighted by molar-refractivity contribution is 0.100. The predicted octanol–water partition coefficient (Wildman–Crippen LogP) is 0.778. The normalized spacial score (nSPS) is 14.4. The van der Waals surface area contributed by atoms with Gasteiger partial charge in [0.15, 0.2) is 0 Å². The maximum absolute atomic E-state index is 10.9. The highest BCUT2D eigenvalue weighted by atomic mass is 16.1. The third-order valence-corrected chi connectivity index (χ3v) is 2.49. The molecule has 2 N–H and O–H groups in total. The topological polar surface area (TPSA) is 46.3 Å². The third-order valence-electron chi connectivity index (χ3n) is 2.49. The second kappa shape index (κ2) is 2.76. The zero-order valence-electron chi connectivity index (χ0n) is 7.58. The predicted molar refractivity (Wildman–Crippen MR) is 51.9 cm³/mol. The van der Waals surface area contributed by atoms with Gasteiger partial charge in [-0.05, 0) is 30.2 Å². The lowest BCUT2D eigenvalue weighted by atomic mass is 10.1. The Kier molecular flexibility index (Phi) is 1.72. The van der Waals surface area contributed by atoms with E-state index in [2.05, 4.69) is 11.9 Å². The summed E-state index contributed by atoms with van der Waals surface area (Å²) in [7, 11) is 2.05. The van der Waals surface area contributed by atoms with Crippen LogP contribution in [0.4, 0.5) is 5.69 Å². The van der Waals surface area contributed by atoms with E-state index < -0.39 is 0 Å². The number of likely N-dealkylation sites (N-methyl/N-ethyl adjacent to an activating group) is 1. The van der Waals surface area contributed by atoms with Gasteiger partial charge in [-0.15, -0.1) is 0 Å². The van der Waals surface area contributed by atoms with Gasteiger partial charge < -0.3 is 10.6 Å². The summed E-state index contributed by atoms with van der Waals surface area (Å²) in [6.45, 7) is 1.03. The molecule has 0 saturated heterocycles. The van der Waals surface area contributed by atoms with E-state index in [9.17, 15) is 4.79 Å². The van der Waals surface area contributed by atoms with Crippen LogP contribution < -0.4 is 10.6 Å². The molecule has 1 amide bonds. The molecule has 0 unspecified atom stereocenters. The van der Waals surface area contributed by atoms with Gasteiger partial charge in [-0.3, -0.25) is 4.79 Å². The number of hydrogen-bond donors (Lipinski definition) is 1. The fourth-order valence-corrected chi connectivity index (χ4v) is 1.72. The molecule has 1 aliphatic rings. The summed E-state index contributed by atoms with van der Waals surface area (Å²) in [5.74, 6) is -0.350. The molecule has 68 valence electrons. The summed E-state index contributed by atoms with van der Waals surface area (Å²) in [4.78, 5) is 13.1. The van der Waals surface area contributed by atoms with Crippen LogP contribution >= 0.6 is 0 Å². The van der Waals surface area contributed by atoms with E-state index >= 15 is 0 Å². The minimum absolute atomic E-state index is 0.350. The standard InChI is InChI=1S/C10H12N2O/c1-12-5-4-7-6-8(10(11)13)2-3-9(7)12/h2-3,6H,4-5H2,1H3,(H2,11,13). The fourth-order valence-electron chi connectivity index (χ4n) is 1.72. The van der Waals surface area contributed by atoms with Crippen molar-refractivity contribution in [3.8, 4) is 0 Å². The third kappa shape index (κ3) is 1.26. The SMILES string of the molecule is CN1CCc2cc(C(N)=O)ccc21. The Labute approximate surface area is 77.1 Å². The lowest BCUT2D eigenvalue weighted by Gasteiger charge is -2.11. The van der Waals surface area contributed by atoms with Crippen molar-refractivity contribution in [1.82, 2.24) is 0 Å². The van der Waals surface area contributed by atoms with E-state index in [0.717, 1.165) is 13.0 Å². The summed E-state index contributed by atoms with van der Waals surface area (Å²) < 4.78 is 0. The molecule has 1 aromatic rings. The molecule has 3 heteroatoms. The van der Waals surface area contributed by atoms with Gasteiger partial charge in [0.2, 0.25) is 5.91 Å². The first kappa shape index (κ1) is 8.10. The number of rotatable bonds is 1. The number of carbonyl (C=O) groups is 1. The summed E-state index contributed by atoms with van der Waals surface area (Å²) in [6.07, 6.45) is 1.01. The molecular formula is C10H12N2O. The van der Waals surface area contributed by atoms with Gasteiger partial charge in [-0.25, -0.2) is 0 Å². The molecule has 2 rings (SSSR count). The van der Waals surface area contributed by atoms with Crippen molar-refractivity contribution < 1.29 is 4.79 Å². The van der Waals surface area contributed by atoms with E-state index in [0.29, 0.717) is 5.56 Å². The Morgan fingerprint density at radius 3 is 3.00 bits per heavy atom. The zero-order valence-corrected chi connectivity index (χ0v) is 7.58. The molecule has 0 spiro atoms. The number of nitrogens with zero attached hydrogens (tertiary/aromatic N) is 1. The van der Waals surface area contributed by atoms with Crippen molar-refractivity contribution in [1.29, 1.82) is 0 Å². The highest BCUT2D eigenvalue weighted by molar-refractivity contribution is 5.93. The largest absolute Gasteiger partial charge is 0.374 e. The molecule has 0 aliphatic carbocycles. The molecule has 1 aliphatic heterocycles. The van der Waals surface area contributed by atoms with Crippen molar-refractivity contribution in [2.75, 3.05) is 18.5 Å². The van der Waals surface area contributed by atoms with E-state index in [1.807, 2.05) is 12.1 Å². The van der Waals surface area contributed by atoms with Crippen LogP contribution in [0.2, 0.25) is 0 Å². The summed E-state index contributed by atoms with van der Waals surface area (Å²) >= 11 is 0. The van der Waals surface area contributed by atoms with Crippen LogP contribution in [0.15, 0.2) is 18.2 Å². The van der Waals surface area contributed by atoms with Crippen LogP contribution in [-0.2, 0) is 6.42 Å². The van der Waals surface area contributed by atoms with Crippen molar-refractivity contribution in [2.24, 2.45) is 5.73 Å². The average Bonchev–Trinajstić information content (AvgIpc) is 2.47. The van der Waals surface area contributed by atoms with Crippen LogP contribution in [0.25, 0.3) is 0 Å². The highest BCUT2D eigenvalue weighted by Gasteiger charge is 2.16. The van der Waals surface area contributed by atoms with Crippen molar-refractivity contribution in [3.63, 3.8) is 0 Å². The molecule has 13 heavy (non-hydrogen) atoms. The molecule has 0 aromatic heterocycles. The second-order valence-corrected chi connectivity index (χ2v) is 3.38. The minimum Gasteiger partial charge on any atom is -0.374 e. The summed E-state index contributed by atoms with van der Waals surface area (Å²) in [5.41, 5.74) is 8.23. The number of fused-ring (bicyclic) bond motifs is 1. The molecule has 3 nitrogen and oxygen atoms in total. The molecule has 0 atom stereocenters. The van der Waals surface area contributed by atoms with Gasteiger partial charge in [0.25, 0.3) is 0 Å². The van der Waals surface area contributed by atoms with Crippen LogP contribution in [0.5, 0.6) is 0 Å². The molecule has 0 saturated carbocycles. The Hall–Kier alpha value is -1.51. The molecule has 0 radical (unpaired) electrons. The van der Waals surface area contributed by atoms with Gasteiger partial charge in [0, 0.05) is 24.8 Å². The monoisotopic (exact) mass is 176 g/mol. The van der Waals surface area contributed by atoms with Gasteiger partial charge >= 0.3 is 0 Å². The molecule has 0 bridgehead atoms. The zero-order chi connectivity index (χ0) is 9.42. The second-order valence-electron chi connectivity index (χ2n) is 3.38. The minimum atomic E-state index is -0.350. The van der Waals surface area contributed by atoms with E-state index in [-0.39, 0.29) is 5.91 Å². The lowest BCUT2D eigenvalue weighted by Crippen LogP contribution is -2.13. The summed E-state index contributed by atoms with van der Waals surface area (Å²) in [6, 6.07) is 5.63. The molecule has 1 heterocycles. The number of nitrogens with two attached hydrogens (primary N) is 1. The van der Waals surface area contributed by atoms with Crippen molar-refractivity contribution in [2.45, 2.75) is 6.42 Å². The van der Waals surface area contributed by atoms with Crippen molar-refractivity contribution in [3.05, 3.63) is 29.3 Å². The Bertz CT molecular complexity index is 360. The molecular weight excluding hydrogens is 164 g/mol. The number of anilines is 1. The molecule has 0 fully saturated rings. The maximum atomic E-state index is 10.9. The average molecular weight is 176 g/mol. The first-order valence-corrected chi connectivity index (χ1v) is 4.32. The number of benzene rings is 1. The fraction of sp³-hybridized carbons (Fsp3) is 0.300. The van der Waals surface area contributed by atoms with Crippen LogP contribution in [0.1, 0.15) is 15.9 Å². The first-order chi connectivity index (χ1) is 6.18. The molecule has 1 aromatic carbocycles. The first-order valence-electron chi connectivity index (χ1n) is 4.32. The number of primary amides is 1. The van der Waals surface area contributed by atoms with E-state index in [1.54, 1.807) is 6.07 Å². The Morgan fingerprint density at radius 1 is 1.54 bits per heavy atom. The quantitative estimate of drug-likeness (QED) is 0.687. The van der Waals surface area contributed by atoms with E-state index in [1.165, 1.54) is 11.3 Å². The van der Waals surface area contributed by atoms with Gasteiger partial charge in [0.1, 0.15) is 0 Å². The van der Waals surface area contributed by atoms with Gasteiger partial charge in [-0.2, -0.15) is 0 Å². The number of hydrogen-bond acceptors (Lipinski definition) is 2.